The van der Waals surface area contributed by atoms with Crippen molar-refractivity contribution in [3.63, 3.8) is 0 Å². The quantitative estimate of drug-likeness (QED) is 0.647. The molecule has 8 nitrogen and oxygen atoms in total. The van der Waals surface area contributed by atoms with E-state index < -0.39 is 18.5 Å². The summed E-state index contributed by atoms with van der Waals surface area (Å²) < 4.78 is 21.9. The Balaban J connectivity index is 1.41. The first-order valence-corrected chi connectivity index (χ1v) is 10.7. The van der Waals surface area contributed by atoms with Gasteiger partial charge in [0.2, 0.25) is 0 Å². The van der Waals surface area contributed by atoms with Gasteiger partial charge in [0.25, 0.3) is 0 Å². The van der Waals surface area contributed by atoms with Crippen LogP contribution in [0.5, 0.6) is 0 Å². The van der Waals surface area contributed by atoms with E-state index in [-0.39, 0.29) is 31.4 Å². The molecule has 1 heterocycles. The minimum atomic E-state index is -0.650. The number of rotatable bonds is 8. The van der Waals surface area contributed by atoms with E-state index in [0.29, 0.717) is 12.8 Å². The lowest BCUT2D eigenvalue weighted by atomic mass is 9.99. The second kappa shape index (κ2) is 12.1. The summed E-state index contributed by atoms with van der Waals surface area (Å²) in [5, 5.41) is 5.61. The van der Waals surface area contributed by atoms with Crippen molar-refractivity contribution in [1.82, 2.24) is 10.6 Å². The van der Waals surface area contributed by atoms with Gasteiger partial charge in [-0.25, -0.2) is 9.59 Å². The van der Waals surface area contributed by atoms with Gasteiger partial charge in [0, 0.05) is 7.11 Å². The van der Waals surface area contributed by atoms with Crippen molar-refractivity contribution < 1.29 is 28.5 Å². The van der Waals surface area contributed by atoms with Crippen LogP contribution < -0.4 is 10.6 Å². The molecule has 2 amide bonds. The molecule has 0 aliphatic carbocycles. The topological polar surface area (TPSA) is 95.1 Å². The maximum Gasteiger partial charge on any atom is 0.407 e. The summed E-state index contributed by atoms with van der Waals surface area (Å²) in [7, 11) is 1.52. The lowest BCUT2D eigenvalue weighted by Gasteiger charge is -2.38. The summed E-state index contributed by atoms with van der Waals surface area (Å²) in [6.07, 6.45) is -0.717. The Labute approximate surface area is 188 Å². The molecule has 0 aromatic heterocycles. The molecular weight excluding hydrogens is 412 g/mol. The highest BCUT2D eigenvalue weighted by Crippen LogP contribution is 2.23. The number of carbonyl (C=O) groups excluding carboxylic acids is 2. The average molecular weight is 443 g/mol. The van der Waals surface area contributed by atoms with E-state index in [4.69, 9.17) is 18.9 Å². The SMILES string of the molecule is CO[C@@H]1O[C@@H]([C@@H](C)NC(=O)OCc2ccccc2)CC[C@@H]1NC(=O)OCc1ccccc1. The van der Waals surface area contributed by atoms with Crippen LogP contribution in [0.4, 0.5) is 9.59 Å². The molecule has 8 heteroatoms. The van der Waals surface area contributed by atoms with Crippen molar-refractivity contribution in [1.29, 1.82) is 0 Å². The molecule has 1 aliphatic rings. The van der Waals surface area contributed by atoms with Crippen LogP contribution in [0, 0.1) is 0 Å². The fraction of sp³-hybridized carbons (Fsp3) is 0.417. The zero-order valence-corrected chi connectivity index (χ0v) is 18.4. The van der Waals surface area contributed by atoms with Crippen LogP contribution in [0.1, 0.15) is 30.9 Å². The maximum absolute atomic E-state index is 12.2. The Morgan fingerprint density at radius 1 is 0.938 bits per heavy atom. The van der Waals surface area contributed by atoms with E-state index >= 15 is 0 Å². The summed E-state index contributed by atoms with van der Waals surface area (Å²) in [6.45, 7) is 2.23. The zero-order chi connectivity index (χ0) is 22.8. The molecule has 0 saturated carbocycles. The van der Waals surface area contributed by atoms with Gasteiger partial charge in [-0.2, -0.15) is 0 Å². The normalized spacial score (nSPS) is 21.2. The molecule has 0 bridgehead atoms. The van der Waals surface area contributed by atoms with Gasteiger partial charge in [0.15, 0.2) is 6.29 Å². The molecule has 1 aliphatic heterocycles. The molecule has 4 atom stereocenters. The number of benzene rings is 2. The van der Waals surface area contributed by atoms with Crippen LogP contribution in [0.3, 0.4) is 0 Å². The highest BCUT2D eigenvalue weighted by molar-refractivity contribution is 5.68. The Hall–Kier alpha value is -3.10. The number of nitrogens with one attached hydrogen (secondary N) is 2. The fourth-order valence-electron chi connectivity index (χ4n) is 3.50. The molecule has 3 rings (SSSR count). The van der Waals surface area contributed by atoms with Gasteiger partial charge < -0.3 is 29.6 Å². The van der Waals surface area contributed by atoms with E-state index in [1.54, 1.807) is 0 Å². The summed E-state index contributed by atoms with van der Waals surface area (Å²) in [4.78, 5) is 24.3. The van der Waals surface area contributed by atoms with Gasteiger partial charge in [-0.15, -0.1) is 0 Å². The fourth-order valence-corrected chi connectivity index (χ4v) is 3.50. The van der Waals surface area contributed by atoms with Gasteiger partial charge in [-0.3, -0.25) is 0 Å². The third-order valence-electron chi connectivity index (χ3n) is 5.26. The Bertz CT molecular complexity index is 848. The Morgan fingerprint density at radius 3 is 2.06 bits per heavy atom. The van der Waals surface area contributed by atoms with Crippen LogP contribution in [0.25, 0.3) is 0 Å². The molecule has 2 N–H and O–H groups in total. The predicted octanol–water partition coefficient (Wildman–Crippen LogP) is 3.75. The predicted molar refractivity (Wildman–Crippen MR) is 118 cm³/mol. The van der Waals surface area contributed by atoms with E-state index in [0.717, 1.165) is 11.1 Å². The zero-order valence-electron chi connectivity index (χ0n) is 18.4. The first-order chi connectivity index (χ1) is 15.5. The molecule has 0 unspecified atom stereocenters. The minimum absolute atomic E-state index is 0.187. The van der Waals surface area contributed by atoms with Crippen LogP contribution in [-0.4, -0.2) is 43.8 Å². The van der Waals surface area contributed by atoms with Crippen molar-refractivity contribution in [2.24, 2.45) is 0 Å². The molecule has 172 valence electrons. The largest absolute Gasteiger partial charge is 0.445 e. The number of carbonyl (C=O) groups is 2. The number of hydrogen-bond donors (Lipinski definition) is 2. The number of ether oxygens (including phenoxy) is 4. The Morgan fingerprint density at radius 2 is 1.50 bits per heavy atom. The third-order valence-corrected chi connectivity index (χ3v) is 5.26. The Kier molecular flexibility index (Phi) is 8.89. The first-order valence-electron chi connectivity index (χ1n) is 10.7. The van der Waals surface area contributed by atoms with Crippen LogP contribution in [-0.2, 0) is 32.2 Å². The van der Waals surface area contributed by atoms with E-state index in [2.05, 4.69) is 10.6 Å². The summed E-state index contributed by atoms with van der Waals surface area (Å²) in [6, 6.07) is 18.3. The van der Waals surface area contributed by atoms with E-state index in [1.807, 2.05) is 67.6 Å². The number of alkyl carbamates (subject to hydrolysis) is 2. The smallest absolute Gasteiger partial charge is 0.407 e. The van der Waals surface area contributed by atoms with Crippen molar-refractivity contribution in [2.45, 2.75) is 57.5 Å². The third kappa shape index (κ3) is 7.25. The highest BCUT2D eigenvalue weighted by Gasteiger charge is 2.35. The number of methoxy groups -OCH3 is 1. The first kappa shape index (κ1) is 23.6. The van der Waals surface area contributed by atoms with Gasteiger partial charge in [-0.1, -0.05) is 60.7 Å². The number of hydrogen-bond acceptors (Lipinski definition) is 6. The summed E-state index contributed by atoms with van der Waals surface area (Å²) in [5.74, 6) is 0. The van der Waals surface area contributed by atoms with Crippen molar-refractivity contribution in [3.8, 4) is 0 Å². The monoisotopic (exact) mass is 442 g/mol. The average Bonchev–Trinajstić information content (AvgIpc) is 2.83. The van der Waals surface area contributed by atoms with Gasteiger partial charge >= 0.3 is 12.2 Å². The lowest BCUT2D eigenvalue weighted by molar-refractivity contribution is -0.198. The molecule has 1 fully saturated rings. The molecule has 32 heavy (non-hydrogen) atoms. The molecule has 1 saturated heterocycles. The molecular formula is C24H30N2O6. The molecule has 0 spiro atoms. The van der Waals surface area contributed by atoms with E-state index in [1.165, 1.54) is 7.11 Å². The molecule has 2 aromatic rings. The van der Waals surface area contributed by atoms with Gasteiger partial charge in [0.1, 0.15) is 13.2 Å². The summed E-state index contributed by atoms with van der Waals surface area (Å²) in [5.41, 5.74) is 1.82. The van der Waals surface area contributed by atoms with Gasteiger partial charge in [0.05, 0.1) is 18.2 Å². The van der Waals surface area contributed by atoms with Crippen molar-refractivity contribution >= 4 is 12.2 Å². The van der Waals surface area contributed by atoms with Crippen LogP contribution in [0.15, 0.2) is 60.7 Å². The van der Waals surface area contributed by atoms with Crippen molar-refractivity contribution in [2.75, 3.05) is 7.11 Å². The summed E-state index contributed by atoms with van der Waals surface area (Å²) >= 11 is 0. The second-order valence-corrected chi connectivity index (χ2v) is 7.66. The second-order valence-electron chi connectivity index (χ2n) is 7.66. The maximum atomic E-state index is 12.2. The van der Waals surface area contributed by atoms with Crippen LogP contribution >= 0.6 is 0 Å². The van der Waals surface area contributed by atoms with Gasteiger partial charge in [-0.05, 0) is 30.9 Å². The minimum Gasteiger partial charge on any atom is -0.445 e. The van der Waals surface area contributed by atoms with E-state index in [9.17, 15) is 9.59 Å². The number of amides is 2. The molecule has 2 aromatic carbocycles. The standard InChI is InChI=1S/C24H30N2O6/c1-17(25-23(27)30-15-18-9-5-3-6-10-18)21-14-13-20(22(29-2)32-21)26-24(28)31-16-19-11-7-4-8-12-19/h3-12,17,20-22H,13-16H2,1-2H3,(H,25,27)(H,26,28)/t17-,20+,21-,22-/m1/s1. The highest BCUT2D eigenvalue weighted by atomic mass is 16.7. The lowest BCUT2D eigenvalue weighted by Crippen LogP contribution is -2.54. The van der Waals surface area contributed by atoms with Crippen LogP contribution in [0.2, 0.25) is 0 Å². The van der Waals surface area contributed by atoms with Crippen molar-refractivity contribution in [3.05, 3.63) is 71.8 Å². The molecule has 0 radical (unpaired) electrons.